The van der Waals surface area contributed by atoms with Crippen molar-refractivity contribution >= 4 is 17.7 Å². The van der Waals surface area contributed by atoms with E-state index in [1.807, 2.05) is 25.1 Å². The number of nitrogens with two attached hydrogens (primary N) is 1. The number of carbonyl (C=O) groups excluding carboxylic acids is 1. The fraction of sp³-hybridized carbons (Fsp3) is 0.545. The zero-order chi connectivity index (χ0) is 12.7. The second kappa shape index (κ2) is 6.67. The highest BCUT2D eigenvalue weighted by Crippen LogP contribution is 2.08. The zero-order valence-corrected chi connectivity index (χ0v) is 10.3. The van der Waals surface area contributed by atoms with Gasteiger partial charge in [-0.1, -0.05) is 0 Å². The van der Waals surface area contributed by atoms with E-state index >= 15 is 0 Å². The molecule has 1 aromatic heterocycles. The number of primary amides is 1. The Balaban J connectivity index is 2.31. The van der Waals surface area contributed by atoms with Crippen molar-refractivity contribution in [1.82, 2.24) is 9.97 Å². The SMILES string of the molecule is CN(C)c1nccc(NCCCCC(N)=O)n1. The molecule has 0 aliphatic heterocycles. The molecule has 0 spiro atoms. The van der Waals surface area contributed by atoms with Gasteiger partial charge in [-0.25, -0.2) is 4.98 Å². The predicted molar refractivity (Wildman–Crippen MR) is 67.9 cm³/mol. The van der Waals surface area contributed by atoms with Gasteiger partial charge < -0.3 is 16.0 Å². The van der Waals surface area contributed by atoms with Gasteiger partial charge in [0.2, 0.25) is 11.9 Å². The van der Waals surface area contributed by atoms with Gasteiger partial charge in [0, 0.05) is 33.3 Å². The molecule has 0 saturated carbocycles. The van der Waals surface area contributed by atoms with Crippen LogP contribution in [0.15, 0.2) is 12.3 Å². The Morgan fingerprint density at radius 3 is 2.88 bits per heavy atom. The van der Waals surface area contributed by atoms with Crippen molar-refractivity contribution in [2.24, 2.45) is 5.73 Å². The van der Waals surface area contributed by atoms with Crippen molar-refractivity contribution in [2.45, 2.75) is 19.3 Å². The molecule has 0 radical (unpaired) electrons. The van der Waals surface area contributed by atoms with Crippen LogP contribution in [0.3, 0.4) is 0 Å². The van der Waals surface area contributed by atoms with Crippen LogP contribution in [0.5, 0.6) is 0 Å². The Labute approximate surface area is 101 Å². The summed E-state index contributed by atoms with van der Waals surface area (Å²) in [4.78, 5) is 20.8. The molecule has 0 aliphatic rings. The van der Waals surface area contributed by atoms with Gasteiger partial charge in [-0.2, -0.15) is 4.98 Å². The van der Waals surface area contributed by atoms with Gasteiger partial charge in [0.1, 0.15) is 5.82 Å². The van der Waals surface area contributed by atoms with Crippen LogP contribution >= 0.6 is 0 Å². The van der Waals surface area contributed by atoms with Crippen LogP contribution in [0.1, 0.15) is 19.3 Å². The highest BCUT2D eigenvalue weighted by molar-refractivity contribution is 5.73. The predicted octanol–water partition coefficient (Wildman–Crippen LogP) is 0.610. The van der Waals surface area contributed by atoms with Crippen LogP contribution < -0.4 is 16.0 Å². The maximum Gasteiger partial charge on any atom is 0.226 e. The van der Waals surface area contributed by atoms with Gasteiger partial charge in [0.15, 0.2) is 0 Å². The monoisotopic (exact) mass is 237 g/mol. The molecular formula is C11H19N5O. The normalized spacial score (nSPS) is 10.0. The van der Waals surface area contributed by atoms with E-state index in [2.05, 4.69) is 15.3 Å². The molecular weight excluding hydrogens is 218 g/mol. The summed E-state index contributed by atoms with van der Waals surface area (Å²) in [5.74, 6) is 1.22. The lowest BCUT2D eigenvalue weighted by atomic mass is 10.2. The number of hydrogen-bond donors (Lipinski definition) is 2. The molecule has 0 unspecified atom stereocenters. The van der Waals surface area contributed by atoms with Gasteiger partial charge in [-0.05, 0) is 18.9 Å². The number of carbonyl (C=O) groups is 1. The Morgan fingerprint density at radius 1 is 1.47 bits per heavy atom. The lowest BCUT2D eigenvalue weighted by Gasteiger charge is -2.11. The number of amides is 1. The summed E-state index contributed by atoms with van der Waals surface area (Å²) in [7, 11) is 3.79. The minimum atomic E-state index is -0.248. The summed E-state index contributed by atoms with van der Waals surface area (Å²) in [5, 5.41) is 3.18. The largest absolute Gasteiger partial charge is 0.370 e. The van der Waals surface area contributed by atoms with E-state index in [1.54, 1.807) is 6.20 Å². The molecule has 1 amide bonds. The molecule has 0 fully saturated rings. The molecule has 17 heavy (non-hydrogen) atoms. The number of nitrogens with zero attached hydrogens (tertiary/aromatic N) is 3. The lowest BCUT2D eigenvalue weighted by molar-refractivity contribution is -0.118. The van der Waals surface area contributed by atoms with E-state index in [-0.39, 0.29) is 5.91 Å². The van der Waals surface area contributed by atoms with Crippen molar-refractivity contribution in [3.63, 3.8) is 0 Å². The second-order valence-electron chi connectivity index (χ2n) is 3.99. The summed E-state index contributed by atoms with van der Waals surface area (Å²) < 4.78 is 0. The van der Waals surface area contributed by atoms with Crippen LogP contribution in [-0.4, -0.2) is 36.5 Å². The average molecular weight is 237 g/mol. The quantitative estimate of drug-likeness (QED) is 0.679. The summed E-state index contributed by atoms with van der Waals surface area (Å²) >= 11 is 0. The van der Waals surface area contributed by atoms with Crippen LogP contribution in [0.25, 0.3) is 0 Å². The molecule has 6 nitrogen and oxygen atoms in total. The number of unbranched alkanes of at least 4 members (excludes halogenated alkanes) is 1. The van der Waals surface area contributed by atoms with Crippen molar-refractivity contribution in [1.29, 1.82) is 0 Å². The zero-order valence-electron chi connectivity index (χ0n) is 10.3. The van der Waals surface area contributed by atoms with Crippen molar-refractivity contribution in [3.05, 3.63) is 12.3 Å². The van der Waals surface area contributed by atoms with Crippen LogP contribution in [-0.2, 0) is 4.79 Å². The first kappa shape index (κ1) is 13.2. The van der Waals surface area contributed by atoms with E-state index in [4.69, 9.17) is 5.73 Å². The molecule has 1 rings (SSSR count). The molecule has 0 aromatic carbocycles. The number of nitrogens with one attached hydrogen (secondary N) is 1. The first-order chi connectivity index (χ1) is 8.09. The molecule has 0 bridgehead atoms. The fourth-order valence-corrected chi connectivity index (χ4v) is 1.30. The second-order valence-corrected chi connectivity index (χ2v) is 3.99. The van der Waals surface area contributed by atoms with Crippen molar-refractivity contribution in [2.75, 3.05) is 30.9 Å². The molecule has 0 saturated heterocycles. The molecule has 0 atom stereocenters. The van der Waals surface area contributed by atoms with Gasteiger partial charge >= 0.3 is 0 Å². The van der Waals surface area contributed by atoms with E-state index in [9.17, 15) is 4.79 Å². The van der Waals surface area contributed by atoms with Gasteiger partial charge in [0.25, 0.3) is 0 Å². The standard InChI is InChI=1S/C11H19N5O/c1-16(2)11-14-8-6-10(15-11)13-7-4-3-5-9(12)17/h6,8H,3-5,7H2,1-2H3,(H2,12,17)(H,13,14,15). The summed E-state index contributed by atoms with van der Waals surface area (Å²) in [6.45, 7) is 0.775. The van der Waals surface area contributed by atoms with E-state index < -0.39 is 0 Å². The van der Waals surface area contributed by atoms with E-state index in [1.165, 1.54) is 0 Å². The molecule has 1 heterocycles. The first-order valence-electron chi connectivity index (χ1n) is 5.62. The Bertz CT molecular complexity index is 367. The minimum Gasteiger partial charge on any atom is -0.370 e. The lowest BCUT2D eigenvalue weighted by Crippen LogP contribution is -2.14. The Kier molecular flexibility index (Phi) is 5.19. The van der Waals surface area contributed by atoms with Crippen molar-refractivity contribution < 1.29 is 4.79 Å². The van der Waals surface area contributed by atoms with Crippen LogP contribution in [0, 0.1) is 0 Å². The van der Waals surface area contributed by atoms with Crippen LogP contribution in [0.2, 0.25) is 0 Å². The minimum absolute atomic E-state index is 0.248. The third-order valence-corrected chi connectivity index (χ3v) is 2.20. The third kappa shape index (κ3) is 5.14. The summed E-state index contributed by atoms with van der Waals surface area (Å²) in [5.41, 5.74) is 5.05. The smallest absolute Gasteiger partial charge is 0.226 e. The fourth-order valence-electron chi connectivity index (χ4n) is 1.30. The molecule has 6 heteroatoms. The Hall–Kier alpha value is -1.85. The third-order valence-electron chi connectivity index (χ3n) is 2.20. The number of anilines is 2. The van der Waals surface area contributed by atoms with Crippen molar-refractivity contribution in [3.8, 4) is 0 Å². The summed E-state index contributed by atoms with van der Waals surface area (Å²) in [6, 6.07) is 1.82. The number of hydrogen-bond acceptors (Lipinski definition) is 5. The maximum absolute atomic E-state index is 10.5. The highest BCUT2D eigenvalue weighted by atomic mass is 16.1. The Morgan fingerprint density at radius 2 is 2.24 bits per heavy atom. The summed E-state index contributed by atoms with van der Waals surface area (Å²) in [6.07, 6.45) is 3.85. The molecule has 94 valence electrons. The molecule has 3 N–H and O–H groups in total. The van der Waals surface area contributed by atoms with Gasteiger partial charge in [0.05, 0.1) is 0 Å². The first-order valence-corrected chi connectivity index (χ1v) is 5.62. The average Bonchev–Trinajstić information content (AvgIpc) is 2.28. The van der Waals surface area contributed by atoms with Crippen LogP contribution in [0.4, 0.5) is 11.8 Å². The topological polar surface area (TPSA) is 84.1 Å². The van der Waals surface area contributed by atoms with E-state index in [0.29, 0.717) is 12.4 Å². The van der Waals surface area contributed by atoms with Gasteiger partial charge in [-0.15, -0.1) is 0 Å². The highest BCUT2D eigenvalue weighted by Gasteiger charge is 2.00. The molecule has 1 aromatic rings. The maximum atomic E-state index is 10.5. The van der Waals surface area contributed by atoms with E-state index in [0.717, 1.165) is 25.2 Å². The van der Waals surface area contributed by atoms with Gasteiger partial charge in [-0.3, -0.25) is 4.79 Å². The number of rotatable bonds is 7. The number of aromatic nitrogens is 2. The molecule has 0 aliphatic carbocycles.